The number of nitrogens with zero attached hydrogens (tertiary/aromatic N) is 2. The highest BCUT2D eigenvalue weighted by molar-refractivity contribution is 7.14. The van der Waals surface area contributed by atoms with E-state index in [0.717, 1.165) is 17.0 Å². The predicted octanol–water partition coefficient (Wildman–Crippen LogP) is 2.49. The number of amides is 1. The molecule has 5 nitrogen and oxygen atoms in total. The zero-order valence-corrected chi connectivity index (χ0v) is 12.8. The van der Waals surface area contributed by atoms with Crippen LogP contribution in [0.5, 0.6) is 0 Å². The van der Waals surface area contributed by atoms with E-state index < -0.39 is 12.0 Å². The quantitative estimate of drug-likeness (QED) is 0.939. The van der Waals surface area contributed by atoms with Gasteiger partial charge in [-0.15, -0.1) is 11.3 Å². The molecule has 0 spiro atoms. The standard InChI is InChI=1S/C14H14N2O3S2/c17-12(16-4-1-2-11(16)14(18)19)6-10-8-21-13(15-10)9-3-5-20-7-9/h3,5,7-8,11H,1-2,4,6H2,(H,18,19)/t11-/m0/s1. The summed E-state index contributed by atoms with van der Waals surface area (Å²) in [6.07, 6.45) is 1.46. The largest absolute Gasteiger partial charge is 0.480 e. The van der Waals surface area contributed by atoms with Gasteiger partial charge in [-0.05, 0) is 24.3 Å². The van der Waals surface area contributed by atoms with Crippen LogP contribution in [0.2, 0.25) is 0 Å². The van der Waals surface area contributed by atoms with Crippen LogP contribution in [0, 0.1) is 0 Å². The summed E-state index contributed by atoms with van der Waals surface area (Å²) in [5, 5.41) is 15.9. The van der Waals surface area contributed by atoms with Crippen molar-refractivity contribution in [3.63, 3.8) is 0 Å². The Bertz CT molecular complexity index is 651. The molecule has 3 rings (SSSR count). The molecule has 1 amide bonds. The van der Waals surface area contributed by atoms with Crippen molar-refractivity contribution in [3.05, 3.63) is 27.9 Å². The lowest BCUT2D eigenvalue weighted by atomic mass is 10.2. The highest BCUT2D eigenvalue weighted by Crippen LogP contribution is 2.26. The maximum Gasteiger partial charge on any atom is 0.326 e. The monoisotopic (exact) mass is 322 g/mol. The average Bonchev–Trinajstić information content (AvgIpc) is 3.19. The lowest BCUT2D eigenvalue weighted by Gasteiger charge is -2.20. The minimum Gasteiger partial charge on any atom is -0.480 e. The lowest BCUT2D eigenvalue weighted by molar-refractivity contribution is -0.148. The third-order valence-electron chi connectivity index (χ3n) is 3.51. The Hall–Kier alpha value is -1.73. The second kappa shape index (κ2) is 5.95. The molecule has 7 heteroatoms. The second-order valence-corrected chi connectivity index (χ2v) is 6.55. The summed E-state index contributed by atoms with van der Waals surface area (Å²) in [5.41, 5.74) is 1.77. The number of likely N-dealkylation sites (tertiary alicyclic amines) is 1. The van der Waals surface area contributed by atoms with Gasteiger partial charge in [0, 0.05) is 22.9 Å². The van der Waals surface area contributed by atoms with Crippen LogP contribution in [0.1, 0.15) is 18.5 Å². The SMILES string of the molecule is O=C(O)[C@@H]1CCCN1C(=O)Cc1csc(-c2ccsc2)n1. The van der Waals surface area contributed by atoms with E-state index in [4.69, 9.17) is 5.11 Å². The first-order chi connectivity index (χ1) is 10.1. The number of hydrogen-bond acceptors (Lipinski definition) is 5. The number of aliphatic carboxylic acids is 1. The summed E-state index contributed by atoms with van der Waals surface area (Å²) in [6, 6.07) is 1.32. The summed E-state index contributed by atoms with van der Waals surface area (Å²) in [4.78, 5) is 29.3. The Kier molecular flexibility index (Phi) is 4.03. The smallest absolute Gasteiger partial charge is 0.326 e. The average molecular weight is 322 g/mol. The van der Waals surface area contributed by atoms with Gasteiger partial charge in [0.05, 0.1) is 12.1 Å². The maximum atomic E-state index is 12.3. The number of carbonyl (C=O) groups excluding carboxylic acids is 1. The predicted molar refractivity (Wildman–Crippen MR) is 81.5 cm³/mol. The fraction of sp³-hybridized carbons (Fsp3) is 0.357. The Balaban J connectivity index is 1.69. The van der Waals surface area contributed by atoms with Gasteiger partial charge < -0.3 is 10.0 Å². The topological polar surface area (TPSA) is 70.5 Å². The first kappa shape index (κ1) is 14.2. The van der Waals surface area contributed by atoms with Gasteiger partial charge in [0.2, 0.25) is 5.91 Å². The number of thiophene rings is 1. The number of carbonyl (C=O) groups is 2. The summed E-state index contributed by atoms with van der Waals surface area (Å²) in [5.74, 6) is -1.07. The number of carboxylic acids is 1. The molecule has 1 aliphatic heterocycles. The summed E-state index contributed by atoms with van der Waals surface area (Å²) in [7, 11) is 0. The van der Waals surface area contributed by atoms with Crippen LogP contribution in [0.15, 0.2) is 22.2 Å². The molecule has 1 atom stereocenters. The highest BCUT2D eigenvalue weighted by atomic mass is 32.1. The molecular formula is C14H14N2O3S2. The third kappa shape index (κ3) is 2.98. The van der Waals surface area contributed by atoms with Crippen molar-refractivity contribution in [2.24, 2.45) is 0 Å². The van der Waals surface area contributed by atoms with E-state index in [2.05, 4.69) is 4.98 Å². The number of thiazole rings is 1. The van der Waals surface area contributed by atoms with Crippen LogP contribution in [-0.2, 0) is 16.0 Å². The summed E-state index contributed by atoms with van der Waals surface area (Å²) < 4.78 is 0. The van der Waals surface area contributed by atoms with Crippen molar-refractivity contribution >= 4 is 34.6 Å². The van der Waals surface area contributed by atoms with Gasteiger partial charge >= 0.3 is 5.97 Å². The maximum absolute atomic E-state index is 12.3. The number of rotatable bonds is 4. The van der Waals surface area contributed by atoms with Crippen molar-refractivity contribution in [2.75, 3.05) is 6.54 Å². The van der Waals surface area contributed by atoms with Crippen LogP contribution in [-0.4, -0.2) is 39.5 Å². The first-order valence-corrected chi connectivity index (χ1v) is 8.46. The zero-order chi connectivity index (χ0) is 14.8. The molecule has 1 saturated heterocycles. The second-order valence-electron chi connectivity index (χ2n) is 4.92. The van der Waals surface area contributed by atoms with E-state index in [-0.39, 0.29) is 12.3 Å². The minimum atomic E-state index is -0.918. The highest BCUT2D eigenvalue weighted by Gasteiger charge is 2.33. The van der Waals surface area contributed by atoms with Crippen molar-refractivity contribution in [1.82, 2.24) is 9.88 Å². The van der Waals surface area contributed by atoms with Crippen molar-refractivity contribution in [3.8, 4) is 10.6 Å². The van der Waals surface area contributed by atoms with E-state index in [1.54, 1.807) is 11.3 Å². The van der Waals surface area contributed by atoms with Gasteiger partial charge in [-0.3, -0.25) is 4.79 Å². The number of hydrogen-bond donors (Lipinski definition) is 1. The van der Waals surface area contributed by atoms with Gasteiger partial charge in [-0.25, -0.2) is 9.78 Å². The molecule has 1 fully saturated rings. The van der Waals surface area contributed by atoms with Crippen molar-refractivity contribution in [1.29, 1.82) is 0 Å². The van der Waals surface area contributed by atoms with Crippen LogP contribution in [0.3, 0.4) is 0 Å². The molecule has 0 unspecified atom stereocenters. The number of aromatic nitrogens is 1. The van der Waals surface area contributed by atoms with Crippen LogP contribution >= 0.6 is 22.7 Å². The molecule has 2 aromatic heterocycles. The van der Waals surface area contributed by atoms with E-state index >= 15 is 0 Å². The molecule has 1 aliphatic rings. The fourth-order valence-corrected chi connectivity index (χ4v) is 4.02. The first-order valence-electron chi connectivity index (χ1n) is 6.64. The van der Waals surface area contributed by atoms with Crippen LogP contribution < -0.4 is 0 Å². The molecule has 0 aromatic carbocycles. The Morgan fingerprint density at radius 1 is 1.43 bits per heavy atom. The summed E-state index contributed by atoms with van der Waals surface area (Å²) in [6.45, 7) is 0.525. The molecule has 0 saturated carbocycles. The van der Waals surface area contributed by atoms with E-state index in [1.165, 1.54) is 16.2 Å². The molecule has 2 aromatic rings. The van der Waals surface area contributed by atoms with E-state index in [9.17, 15) is 9.59 Å². The fourth-order valence-electron chi connectivity index (χ4n) is 2.49. The molecule has 1 N–H and O–H groups in total. The van der Waals surface area contributed by atoms with Crippen molar-refractivity contribution < 1.29 is 14.7 Å². The molecule has 21 heavy (non-hydrogen) atoms. The normalized spacial score (nSPS) is 18.1. The molecule has 3 heterocycles. The molecular weight excluding hydrogens is 308 g/mol. The molecule has 0 radical (unpaired) electrons. The van der Waals surface area contributed by atoms with Gasteiger partial charge in [-0.1, -0.05) is 0 Å². The van der Waals surface area contributed by atoms with Crippen LogP contribution in [0.4, 0.5) is 0 Å². The Morgan fingerprint density at radius 2 is 2.29 bits per heavy atom. The Morgan fingerprint density at radius 3 is 3.00 bits per heavy atom. The molecule has 110 valence electrons. The molecule has 0 bridgehead atoms. The van der Waals surface area contributed by atoms with E-state index in [0.29, 0.717) is 18.7 Å². The summed E-state index contributed by atoms with van der Waals surface area (Å²) >= 11 is 3.12. The zero-order valence-electron chi connectivity index (χ0n) is 11.2. The minimum absolute atomic E-state index is 0.151. The van der Waals surface area contributed by atoms with Gasteiger partial charge in [0.15, 0.2) is 0 Å². The number of carboxylic acid groups (broad SMARTS) is 1. The Labute approximate surface area is 129 Å². The van der Waals surface area contributed by atoms with E-state index in [1.807, 2.05) is 22.2 Å². The molecule has 0 aliphatic carbocycles. The van der Waals surface area contributed by atoms with Gasteiger partial charge in [0.1, 0.15) is 11.0 Å². The van der Waals surface area contributed by atoms with Gasteiger partial charge in [-0.2, -0.15) is 11.3 Å². The van der Waals surface area contributed by atoms with Gasteiger partial charge in [0.25, 0.3) is 0 Å². The van der Waals surface area contributed by atoms with Crippen molar-refractivity contribution in [2.45, 2.75) is 25.3 Å². The lowest BCUT2D eigenvalue weighted by Crippen LogP contribution is -2.41. The van der Waals surface area contributed by atoms with Crippen LogP contribution in [0.25, 0.3) is 10.6 Å². The third-order valence-corrected chi connectivity index (χ3v) is 5.13.